The van der Waals surface area contributed by atoms with Gasteiger partial charge in [0.05, 0.1) is 6.54 Å². The molecule has 0 bridgehead atoms. The summed E-state index contributed by atoms with van der Waals surface area (Å²) in [6.45, 7) is 4.33. The molecule has 2 aromatic rings. The third-order valence-corrected chi connectivity index (χ3v) is 4.97. The van der Waals surface area contributed by atoms with E-state index in [1.54, 1.807) is 19.2 Å². The number of benzene rings is 1. The smallest absolute Gasteiger partial charge is 0.191 e. The van der Waals surface area contributed by atoms with Gasteiger partial charge in [-0.05, 0) is 38.3 Å². The van der Waals surface area contributed by atoms with Crippen LogP contribution in [-0.2, 0) is 19.4 Å². The molecule has 0 fully saturated rings. The van der Waals surface area contributed by atoms with E-state index in [-0.39, 0.29) is 11.9 Å². The number of guanidine groups is 1. The number of aryl methyl sites for hydroxylation is 2. The number of aromatic nitrogens is 3. The summed E-state index contributed by atoms with van der Waals surface area (Å²) in [5, 5.41) is 15.3. The van der Waals surface area contributed by atoms with Gasteiger partial charge in [-0.15, -0.1) is 10.2 Å². The minimum Gasteiger partial charge on any atom is -0.489 e. The summed E-state index contributed by atoms with van der Waals surface area (Å²) in [5.41, 5.74) is 0. The molecular weight excluding hydrogens is 371 g/mol. The number of ether oxygens (including phenoxy) is 1. The number of nitrogens with zero attached hydrogens (tertiary/aromatic N) is 4. The van der Waals surface area contributed by atoms with Crippen LogP contribution in [0.25, 0.3) is 0 Å². The molecule has 0 saturated carbocycles. The zero-order valence-corrected chi connectivity index (χ0v) is 17.3. The van der Waals surface area contributed by atoms with Crippen molar-refractivity contribution in [2.24, 2.45) is 4.99 Å². The van der Waals surface area contributed by atoms with Crippen molar-refractivity contribution in [1.29, 1.82) is 0 Å². The summed E-state index contributed by atoms with van der Waals surface area (Å²) >= 11 is 0. The van der Waals surface area contributed by atoms with Gasteiger partial charge in [0.25, 0.3) is 0 Å². The number of rotatable bonds is 8. The van der Waals surface area contributed by atoms with Gasteiger partial charge in [0.2, 0.25) is 0 Å². The summed E-state index contributed by atoms with van der Waals surface area (Å²) in [6.07, 6.45) is 6.46. The average Bonchev–Trinajstić information content (AvgIpc) is 2.93. The molecule has 0 radical (unpaired) electrons. The maximum Gasteiger partial charge on any atom is 0.191 e. The molecule has 2 heterocycles. The van der Waals surface area contributed by atoms with E-state index in [2.05, 4.69) is 30.4 Å². The zero-order valence-electron chi connectivity index (χ0n) is 17.3. The van der Waals surface area contributed by atoms with Crippen molar-refractivity contribution < 1.29 is 9.13 Å². The Kier molecular flexibility index (Phi) is 7.84. The largest absolute Gasteiger partial charge is 0.489 e. The second kappa shape index (κ2) is 10.8. The third-order valence-electron chi connectivity index (χ3n) is 4.97. The molecule has 0 amide bonds. The quantitative estimate of drug-likeness (QED) is 0.403. The molecule has 1 atom stereocenters. The first-order valence-electron chi connectivity index (χ1n) is 10.4. The van der Waals surface area contributed by atoms with Crippen LogP contribution < -0.4 is 15.4 Å². The summed E-state index contributed by atoms with van der Waals surface area (Å²) in [6, 6.07) is 6.17. The number of hydrogen-bond acceptors (Lipinski definition) is 4. The number of aliphatic imine (C=N–C) groups is 1. The maximum atomic E-state index is 13.2. The van der Waals surface area contributed by atoms with Crippen molar-refractivity contribution in [2.75, 3.05) is 20.1 Å². The highest BCUT2D eigenvalue weighted by molar-refractivity contribution is 5.79. The molecule has 3 rings (SSSR count). The summed E-state index contributed by atoms with van der Waals surface area (Å²) < 4.78 is 21.3. The molecule has 7 nitrogen and oxygen atoms in total. The predicted octanol–water partition coefficient (Wildman–Crippen LogP) is 2.71. The molecule has 29 heavy (non-hydrogen) atoms. The average molecular weight is 403 g/mol. The fourth-order valence-electron chi connectivity index (χ4n) is 3.46. The second-order valence-electron chi connectivity index (χ2n) is 7.36. The SMILES string of the molecule is CN=C(NCCCc1nnc2n1CCCCC2)NCC(C)Oc1cccc(F)c1. The van der Waals surface area contributed by atoms with Crippen molar-refractivity contribution >= 4 is 5.96 Å². The van der Waals surface area contributed by atoms with Gasteiger partial charge in [-0.2, -0.15) is 0 Å². The first-order valence-corrected chi connectivity index (χ1v) is 10.4. The molecule has 8 heteroatoms. The number of fused-ring (bicyclic) bond motifs is 1. The van der Waals surface area contributed by atoms with Crippen molar-refractivity contribution in [1.82, 2.24) is 25.4 Å². The second-order valence-corrected chi connectivity index (χ2v) is 7.36. The topological polar surface area (TPSA) is 76.4 Å². The molecule has 1 aliphatic heterocycles. The van der Waals surface area contributed by atoms with Crippen molar-refractivity contribution in [3.05, 3.63) is 41.7 Å². The summed E-state index contributed by atoms with van der Waals surface area (Å²) in [5.74, 6) is 3.16. The van der Waals surface area contributed by atoms with Crippen molar-refractivity contribution in [3.8, 4) is 5.75 Å². The molecule has 1 unspecified atom stereocenters. The van der Waals surface area contributed by atoms with Gasteiger partial charge in [0.15, 0.2) is 5.96 Å². The highest BCUT2D eigenvalue weighted by Gasteiger charge is 2.14. The molecule has 1 aromatic heterocycles. The van der Waals surface area contributed by atoms with Gasteiger partial charge in [-0.25, -0.2) is 4.39 Å². The van der Waals surface area contributed by atoms with Crippen LogP contribution >= 0.6 is 0 Å². The molecule has 0 spiro atoms. The standard InChI is InChI=1S/C21H31FN6O/c1-16(29-18-9-6-8-17(22)14-18)15-25-21(23-2)24-12-7-11-20-27-26-19-10-4-3-5-13-28(19)20/h6,8-9,14,16H,3-5,7,10-13,15H2,1-2H3,(H2,23,24,25). The van der Waals surface area contributed by atoms with E-state index in [9.17, 15) is 4.39 Å². The van der Waals surface area contributed by atoms with E-state index in [1.165, 1.54) is 31.4 Å². The fraction of sp³-hybridized carbons (Fsp3) is 0.571. The van der Waals surface area contributed by atoms with Crippen LogP contribution in [0.1, 0.15) is 44.3 Å². The molecule has 2 N–H and O–H groups in total. The van der Waals surface area contributed by atoms with E-state index in [4.69, 9.17) is 4.74 Å². The molecule has 0 saturated heterocycles. The van der Waals surface area contributed by atoms with E-state index in [1.807, 2.05) is 6.92 Å². The van der Waals surface area contributed by atoms with E-state index in [0.29, 0.717) is 12.3 Å². The Morgan fingerprint density at radius 2 is 2.17 bits per heavy atom. The Morgan fingerprint density at radius 1 is 1.28 bits per heavy atom. The van der Waals surface area contributed by atoms with Crippen LogP contribution in [0.4, 0.5) is 4.39 Å². The summed E-state index contributed by atoms with van der Waals surface area (Å²) in [7, 11) is 1.74. The Labute approximate surface area is 171 Å². The van der Waals surface area contributed by atoms with Gasteiger partial charge in [-0.3, -0.25) is 4.99 Å². The molecule has 1 aliphatic rings. The van der Waals surface area contributed by atoms with Gasteiger partial charge in [-0.1, -0.05) is 12.5 Å². The van der Waals surface area contributed by atoms with Crippen molar-refractivity contribution in [3.63, 3.8) is 0 Å². The minimum absolute atomic E-state index is 0.123. The normalized spacial score (nSPS) is 15.3. The first kappa shape index (κ1) is 21.1. The van der Waals surface area contributed by atoms with Crippen LogP contribution in [0.15, 0.2) is 29.3 Å². The Balaban J connectivity index is 1.37. The van der Waals surface area contributed by atoms with Crippen molar-refractivity contribution in [2.45, 2.75) is 58.1 Å². The van der Waals surface area contributed by atoms with Crippen LogP contribution in [0.2, 0.25) is 0 Å². The van der Waals surface area contributed by atoms with E-state index >= 15 is 0 Å². The Morgan fingerprint density at radius 3 is 3.00 bits per heavy atom. The Hall–Kier alpha value is -2.64. The molecular formula is C21H31FN6O. The Bertz CT molecular complexity index is 806. The van der Waals surface area contributed by atoms with Crippen LogP contribution in [-0.4, -0.2) is 47.0 Å². The van der Waals surface area contributed by atoms with Gasteiger partial charge in [0.1, 0.15) is 29.3 Å². The number of hydrogen-bond donors (Lipinski definition) is 2. The van der Waals surface area contributed by atoms with E-state index < -0.39 is 0 Å². The first-order chi connectivity index (χ1) is 14.2. The maximum absolute atomic E-state index is 13.2. The van der Waals surface area contributed by atoms with Gasteiger partial charge in [0, 0.05) is 39.0 Å². The highest BCUT2D eigenvalue weighted by atomic mass is 19.1. The lowest BCUT2D eigenvalue weighted by molar-refractivity contribution is 0.223. The lowest BCUT2D eigenvalue weighted by atomic mass is 10.2. The van der Waals surface area contributed by atoms with E-state index in [0.717, 1.165) is 50.0 Å². The predicted molar refractivity (Wildman–Crippen MR) is 112 cm³/mol. The molecule has 0 aliphatic carbocycles. The monoisotopic (exact) mass is 402 g/mol. The lowest BCUT2D eigenvalue weighted by Gasteiger charge is -2.17. The van der Waals surface area contributed by atoms with Crippen LogP contribution in [0, 0.1) is 5.82 Å². The summed E-state index contributed by atoms with van der Waals surface area (Å²) in [4.78, 5) is 4.24. The lowest BCUT2D eigenvalue weighted by Crippen LogP contribution is -2.42. The molecule has 1 aromatic carbocycles. The molecule has 158 valence electrons. The third kappa shape index (κ3) is 6.44. The highest BCUT2D eigenvalue weighted by Crippen LogP contribution is 2.15. The zero-order chi connectivity index (χ0) is 20.5. The van der Waals surface area contributed by atoms with Crippen LogP contribution in [0.5, 0.6) is 5.75 Å². The minimum atomic E-state index is -0.301. The van der Waals surface area contributed by atoms with Gasteiger partial charge >= 0.3 is 0 Å². The number of nitrogens with one attached hydrogen (secondary N) is 2. The number of halogens is 1. The van der Waals surface area contributed by atoms with Crippen LogP contribution in [0.3, 0.4) is 0 Å². The fourth-order valence-corrected chi connectivity index (χ4v) is 3.46. The van der Waals surface area contributed by atoms with Gasteiger partial charge < -0.3 is 19.9 Å².